The number of para-hydroxylation sites is 1. The molecule has 2 heterocycles. The van der Waals surface area contributed by atoms with Gasteiger partial charge in [0.15, 0.2) is 5.16 Å². The summed E-state index contributed by atoms with van der Waals surface area (Å²) in [6.07, 6.45) is 0. The zero-order valence-electron chi connectivity index (χ0n) is 11.8. The first-order valence-electron chi connectivity index (χ1n) is 6.52. The van der Waals surface area contributed by atoms with Gasteiger partial charge in [0.2, 0.25) is 0 Å². The molecule has 0 fully saturated rings. The monoisotopic (exact) mass is 338 g/mol. The average Bonchev–Trinajstić information content (AvgIpc) is 2.74. The van der Waals surface area contributed by atoms with Crippen molar-refractivity contribution in [1.29, 1.82) is 0 Å². The van der Waals surface area contributed by atoms with E-state index >= 15 is 0 Å². The third-order valence-electron chi connectivity index (χ3n) is 3.38. The summed E-state index contributed by atoms with van der Waals surface area (Å²) < 4.78 is 26.9. The summed E-state index contributed by atoms with van der Waals surface area (Å²) in [6.45, 7) is 3.75. The topological polar surface area (TPSA) is 34.9 Å². The highest BCUT2D eigenvalue weighted by Gasteiger charge is 2.20. The van der Waals surface area contributed by atoms with E-state index in [-0.39, 0.29) is 22.5 Å². The van der Waals surface area contributed by atoms with Gasteiger partial charge in [-0.25, -0.2) is 4.98 Å². The molecule has 7 heteroatoms. The van der Waals surface area contributed by atoms with Crippen molar-refractivity contribution in [3.8, 4) is 5.69 Å². The van der Waals surface area contributed by atoms with Gasteiger partial charge in [-0.3, -0.25) is 9.36 Å². The molecule has 3 aromatic rings. The Morgan fingerprint density at radius 2 is 1.91 bits per heavy atom. The number of fused-ring (bicyclic) bond motifs is 1. The second-order valence-corrected chi connectivity index (χ2v) is 6.87. The van der Waals surface area contributed by atoms with Crippen molar-refractivity contribution in [2.24, 2.45) is 0 Å². The van der Waals surface area contributed by atoms with Gasteiger partial charge in [-0.2, -0.15) is 8.78 Å². The van der Waals surface area contributed by atoms with Crippen LogP contribution in [0, 0.1) is 13.8 Å². The van der Waals surface area contributed by atoms with Crippen molar-refractivity contribution in [1.82, 2.24) is 9.55 Å². The summed E-state index contributed by atoms with van der Waals surface area (Å²) in [7, 11) is 0. The number of alkyl halides is 2. The molecule has 0 amide bonds. The van der Waals surface area contributed by atoms with Gasteiger partial charge in [0.25, 0.3) is 11.3 Å². The van der Waals surface area contributed by atoms with Gasteiger partial charge in [0.05, 0.1) is 11.1 Å². The Kier molecular flexibility index (Phi) is 4.01. The summed E-state index contributed by atoms with van der Waals surface area (Å²) in [4.78, 5) is 18.6. The SMILES string of the molecule is Cc1sc2nc(SC(F)F)n(-c3ccccc3)c(=O)c2c1C. The largest absolute Gasteiger partial charge is 0.291 e. The lowest BCUT2D eigenvalue weighted by Gasteiger charge is -2.11. The molecule has 2 aromatic heterocycles. The maximum Gasteiger partial charge on any atom is 0.291 e. The summed E-state index contributed by atoms with van der Waals surface area (Å²) >= 11 is 1.64. The van der Waals surface area contributed by atoms with Crippen LogP contribution in [0.2, 0.25) is 0 Å². The van der Waals surface area contributed by atoms with Crippen LogP contribution in [0.4, 0.5) is 8.78 Å². The molecule has 0 saturated heterocycles. The van der Waals surface area contributed by atoms with Crippen LogP contribution in [0.25, 0.3) is 15.9 Å². The molecular formula is C15H12F2N2OS2. The third-order valence-corrected chi connectivity index (χ3v) is 5.15. The van der Waals surface area contributed by atoms with Crippen LogP contribution in [0.15, 0.2) is 40.3 Å². The number of halogens is 2. The number of benzene rings is 1. The predicted octanol–water partition coefficient (Wildman–Crippen LogP) is 4.38. The fourth-order valence-corrected chi connectivity index (χ4v) is 3.91. The highest BCUT2D eigenvalue weighted by molar-refractivity contribution is 7.99. The predicted molar refractivity (Wildman–Crippen MR) is 86.6 cm³/mol. The van der Waals surface area contributed by atoms with Gasteiger partial charge in [0, 0.05) is 4.88 Å². The standard InChI is InChI=1S/C15H12F2N2OS2/c1-8-9(2)21-12-11(8)13(20)19(10-6-4-3-5-7-10)15(18-12)22-14(16)17/h3-7,14H,1-2H3. The summed E-state index contributed by atoms with van der Waals surface area (Å²) in [5.41, 5.74) is 1.09. The van der Waals surface area contributed by atoms with Crippen molar-refractivity contribution in [3.05, 3.63) is 51.1 Å². The highest BCUT2D eigenvalue weighted by atomic mass is 32.2. The first-order valence-corrected chi connectivity index (χ1v) is 8.21. The van der Waals surface area contributed by atoms with Crippen LogP contribution in [0.3, 0.4) is 0 Å². The first-order chi connectivity index (χ1) is 10.5. The number of thiophene rings is 1. The normalized spacial score (nSPS) is 11.5. The fourth-order valence-electron chi connectivity index (χ4n) is 2.24. The molecule has 0 spiro atoms. The lowest BCUT2D eigenvalue weighted by atomic mass is 10.2. The average molecular weight is 338 g/mol. The maximum absolute atomic E-state index is 12.8. The van der Waals surface area contributed by atoms with E-state index in [9.17, 15) is 13.6 Å². The number of aromatic nitrogens is 2. The molecule has 0 radical (unpaired) electrons. The summed E-state index contributed by atoms with van der Waals surface area (Å²) in [6, 6.07) is 8.74. The van der Waals surface area contributed by atoms with Gasteiger partial charge < -0.3 is 0 Å². The Balaban J connectivity index is 2.38. The summed E-state index contributed by atoms with van der Waals surface area (Å²) in [5.74, 6) is -2.64. The van der Waals surface area contributed by atoms with E-state index in [2.05, 4.69) is 4.98 Å². The van der Waals surface area contributed by atoms with Crippen molar-refractivity contribution in [2.75, 3.05) is 0 Å². The summed E-state index contributed by atoms with van der Waals surface area (Å²) in [5, 5.41) is 0.518. The van der Waals surface area contributed by atoms with E-state index in [1.165, 1.54) is 15.9 Å². The van der Waals surface area contributed by atoms with E-state index in [1.807, 2.05) is 13.8 Å². The second kappa shape index (κ2) is 5.81. The molecule has 0 bridgehead atoms. The van der Waals surface area contributed by atoms with Crippen LogP contribution in [0.1, 0.15) is 10.4 Å². The molecule has 0 aliphatic heterocycles. The maximum atomic E-state index is 12.8. The molecule has 0 atom stereocenters. The van der Waals surface area contributed by atoms with Gasteiger partial charge in [0.1, 0.15) is 4.83 Å². The molecule has 0 saturated carbocycles. The van der Waals surface area contributed by atoms with Gasteiger partial charge in [-0.1, -0.05) is 18.2 Å². The number of rotatable bonds is 3. The zero-order valence-corrected chi connectivity index (χ0v) is 13.5. The Bertz CT molecular complexity index is 888. The Morgan fingerprint density at radius 1 is 1.23 bits per heavy atom. The van der Waals surface area contributed by atoms with Crippen molar-refractivity contribution in [3.63, 3.8) is 0 Å². The van der Waals surface area contributed by atoms with Crippen molar-refractivity contribution < 1.29 is 8.78 Å². The molecule has 0 N–H and O–H groups in total. The first kappa shape index (κ1) is 15.2. The van der Waals surface area contributed by atoms with Gasteiger partial charge in [-0.05, 0) is 43.3 Å². The number of aryl methyl sites for hydroxylation is 2. The highest BCUT2D eigenvalue weighted by Crippen LogP contribution is 2.31. The third kappa shape index (κ3) is 2.55. The van der Waals surface area contributed by atoms with Crippen LogP contribution in [-0.2, 0) is 0 Å². The lowest BCUT2D eigenvalue weighted by Crippen LogP contribution is -2.21. The number of thioether (sulfide) groups is 1. The van der Waals surface area contributed by atoms with Crippen LogP contribution >= 0.6 is 23.1 Å². The fraction of sp³-hybridized carbons (Fsp3) is 0.200. The van der Waals surface area contributed by atoms with Crippen LogP contribution in [0.5, 0.6) is 0 Å². The van der Waals surface area contributed by atoms with E-state index in [1.54, 1.807) is 30.3 Å². The van der Waals surface area contributed by atoms with E-state index < -0.39 is 5.76 Å². The van der Waals surface area contributed by atoms with E-state index in [0.29, 0.717) is 15.9 Å². The molecule has 1 aromatic carbocycles. The Morgan fingerprint density at radius 3 is 2.55 bits per heavy atom. The van der Waals surface area contributed by atoms with Gasteiger partial charge >= 0.3 is 0 Å². The van der Waals surface area contributed by atoms with Crippen LogP contribution < -0.4 is 5.56 Å². The van der Waals surface area contributed by atoms with E-state index in [0.717, 1.165) is 10.4 Å². The minimum atomic E-state index is -2.64. The minimum absolute atomic E-state index is 0.0138. The zero-order chi connectivity index (χ0) is 15.9. The van der Waals surface area contributed by atoms with E-state index in [4.69, 9.17) is 0 Å². The molecule has 114 valence electrons. The number of hydrogen-bond acceptors (Lipinski definition) is 4. The minimum Gasteiger partial charge on any atom is -0.268 e. The lowest BCUT2D eigenvalue weighted by molar-refractivity contribution is 0.251. The quantitative estimate of drug-likeness (QED) is 0.525. The molecule has 0 aliphatic rings. The molecule has 0 aliphatic carbocycles. The van der Waals surface area contributed by atoms with Crippen molar-refractivity contribution >= 4 is 33.3 Å². The van der Waals surface area contributed by atoms with Crippen LogP contribution in [-0.4, -0.2) is 15.3 Å². The molecule has 3 rings (SSSR count). The second-order valence-electron chi connectivity index (χ2n) is 4.71. The molecule has 22 heavy (non-hydrogen) atoms. The number of nitrogens with zero attached hydrogens (tertiary/aromatic N) is 2. The molecule has 3 nitrogen and oxygen atoms in total. The van der Waals surface area contributed by atoms with Gasteiger partial charge in [-0.15, -0.1) is 11.3 Å². The smallest absolute Gasteiger partial charge is 0.268 e. The van der Waals surface area contributed by atoms with Crippen molar-refractivity contribution in [2.45, 2.75) is 24.8 Å². The molecular weight excluding hydrogens is 326 g/mol. The molecule has 0 unspecified atom stereocenters. The Hall–Kier alpha value is -1.73. The number of hydrogen-bond donors (Lipinski definition) is 0. The Labute approximate surface area is 133 Å².